The third-order valence-corrected chi connectivity index (χ3v) is 4.47. The summed E-state index contributed by atoms with van der Waals surface area (Å²) in [4.78, 5) is 6.92. The van der Waals surface area contributed by atoms with Crippen molar-refractivity contribution in [2.45, 2.75) is 26.4 Å². The maximum atomic E-state index is 5.97. The van der Waals surface area contributed by atoms with E-state index in [0.717, 1.165) is 31.1 Å². The molecule has 0 amide bonds. The lowest BCUT2D eigenvalue weighted by atomic mass is 9.90. The Labute approximate surface area is 138 Å². The van der Waals surface area contributed by atoms with E-state index in [-0.39, 0.29) is 5.92 Å². The van der Waals surface area contributed by atoms with E-state index in [2.05, 4.69) is 54.1 Å². The lowest BCUT2D eigenvalue weighted by Gasteiger charge is -2.17. The molecule has 23 heavy (non-hydrogen) atoms. The second-order valence-corrected chi connectivity index (χ2v) is 5.76. The molecule has 1 aromatic carbocycles. The van der Waals surface area contributed by atoms with Crippen LogP contribution < -0.4 is 4.74 Å². The Morgan fingerprint density at radius 1 is 1.13 bits per heavy atom. The minimum absolute atomic E-state index is 0.202. The summed E-state index contributed by atoms with van der Waals surface area (Å²) in [7, 11) is 0. The molecule has 1 aromatic heterocycles. The van der Waals surface area contributed by atoms with Crippen molar-refractivity contribution in [3.8, 4) is 5.75 Å². The van der Waals surface area contributed by atoms with Crippen molar-refractivity contribution in [2.24, 2.45) is 0 Å². The summed E-state index contributed by atoms with van der Waals surface area (Å²) in [5.74, 6) is 1.16. The first-order valence-electron chi connectivity index (χ1n) is 8.38. The van der Waals surface area contributed by atoms with Gasteiger partial charge in [-0.15, -0.1) is 0 Å². The highest BCUT2D eigenvalue weighted by atomic mass is 16.5. The van der Waals surface area contributed by atoms with E-state index in [1.54, 1.807) is 0 Å². The average Bonchev–Trinajstić information content (AvgIpc) is 2.76. The van der Waals surface area contributed by atoms with Crippen molar-refractivity contribution in [3.05, 3.63) is 71.6 Å². The molecule has 0 bridgehead atoms. The van der Waals surface area contributed by atoms with Crippen LogP contribution in [-0.2, 0) is 6.61 Å². The molecule has 1 aliphatic rings. The Kier molecular flexibility index (Phi) is 5.09. The van der Waals surface area contributed by atoms with Gasteiger partial charge in [0.05, 0.1) is 5.69 Å². The maximum absolute atomic E-state index is 5.97. The zero-order valence-corrected chi connectivity index (χ0v) is 13.9. The molecule has 0 aliphatic carbocycles. The zero-order chi connectivity index (χ0) is 16.1. The molecule has 3 heteroatoms. The van der Waals surface area contributed by atoms with E-state index >= 15 is 0 Å². The average molecular weight is 308 g/mol. The van der Waals surface area contributed by atoms with Gasteiger partial charge in [0.25, 0.3) is 0 Å². The Bertz CT molecular complexity index is 629. The van der Waals surface area contributed by atoms with E-state index in [1.807, 2.05) is 24.4 Å². The summed E-state index contributed by atoms with van der Waals surface area (Å²) in [5, 5.41) is 0. The zero-order valence-electron chi connectivity index (χ0n) is 13.9. The molecular formula is C20H24N2O. The van der Waals surface area contributed by atoms with Crippen molar-refractivity contribution in [2.75, 3.05) is 19.6 Å². The first-order chi connectivity index (χ1) is 11.3. The maximum Gasteiger partial charge on any atom is 0.131 e. The van der Waals surface area contributed by atoms with Gasteiger partial charge in [-0.05, 0) is 30.8 Å². The quantitative estimate of drug-likeness (QED) is 0.781. The van der Waals surface area contributed by atoms with Crippen molar-refractivity contribution in [1.29, 1.82) is 0 Å². The van der Waals surface area contributed by atoms with Crippen molar-refractivity contribution >= 4 is 0 Å². The number of ether oxygens (including phenoxy) is 1. The molecule has 3 nitrogen and oxygen atoms in total. The van der Waals surface area contributed by atoms with Crippen LogP contribution in [0.25, 0.3) is 0 Å². The molecule has 0 spiro atoms. The monoisotopic (exact) mass is 308 g/mol. The van der Waals surface area contributed by atoms with Crippen LogP contribution in [0.5, 0.6) is 5.75 Å². The summed E-state index contributed by atoms with van der Waals surface area (Å²) >= 11 is 0. The highest BCUT2D eigenvalue weighted by Gasteiger charge is 2.22. The van der Waals surface area contributed by atoms with Crippen LogP contribution >= 0.6 is 0 Å². The molecule has 1 atom stereocenters. The molecule has 0 saturated carbocycles. The van der Waals surface area contributed by atoms with E-state index in [4.69, 9.17) is 4.74 Å². The fourth-order valence-electron chi connectivity index (χ4n) is 3.07. The summed E-state index contributed by atoms with van der Waals surface area (Å²) in [6, 6.07) is 12.5. The Morgan fingerprint density at radius 3 is 2.74 bits per heavy atom. The van der Waals surface area contributed by atoms with Gasteiger partial charge in [0.15, 0.2) is 0 Å². The number of hydrogen-bond acceptors (Lipinski definition) is 3. The van der Waals surface area contributed by atoms with Gasteiger partial charge in [-0.1, -0.05) is 50.3 Å². The number of fused-ring (bicyclic) bond motifs is 2. The van der Waals surface area contributed by atoms with Gasteiger partial charge in [-0.3, -0.25) is 4.98 Å². The van der Waals surface area contributed by atoms with E-state index in [1.165, 1.54) is 11.1 Å². The van der Waals surface area contributed by atoms with Gasteiger partial charge in [-0.2, -0.15) is 0 Å². The summed E-state index contributed by atoms with van der Waals surface area (Å²) in [6.07, 6.45) is 6.41. The molecule has 0 fully saturated rings. The van der Waals surface area contributed by atoms with Gasteiger partial charge in [-0.25, -0.2) is 0 Å². The topological polar surface area (TPSA) is 25.4 Å². The summed E-state index contributed by atoms with van der Waals surface area (Å²) < 4.78 is 5.97. The van der Waals surface area contributed by atoms with Gasteiger partial charge in [0, 0.05) is 24.2 Å². The standard InChI is InChI=1S/C20H24N2O/c1-3-22(4-2)14-8-11-16-17-10-7-13-21-19(17)15-23-20-12-6-5-9-18(16)20/h5-13,16H,3-4,14-15H2,1-2H3/b11-8-. The largest absolute Gasteiger partial charge is 0.487 e. The van der Waals surface area contributed by atoms with Crippen LogP contribution in [0.4, 0.5) is 0 Å². The normalized spacial score (nSPS) is 16.7. The predicted octanol–water partition coefficient (Wildman–Crippen LogP) is 4.00. The number of benzene rings is 1. The number of hydrogen-bond donors (Lipinski definition) is 0. The van der Waals surface area contributed by atoms with Crippen molar-refractivity contribution in [1.82, 2.24) is 9.88 Å². The number of aromatic nitrogens is 1. The van der Waals surface area contributed by atoms with Gasteiger partial charge in [0.2, 0.25) is 0 Å². The highest BCUT2D eigenvalue weighted by molar-refractivity contribution is 5.47. The lowest BCUT2D eigenvalue weighted by molar-refractivity contribution is 0.302. The number of para-hydroxylation sites is 1. The number of nitrogens with zero attached hydrogens (tertiary/aromatic N) is 2. The van der Waals surface area contributed by atoms with Gasteiger partial charge in [0.1, 0.15) is 12.4 Å². The minimum Gasteiger partial charge on any atom is -0.487 e. The summed E-state index contributed by atoms with van der Waals surface area (Å²) in [5.41, 5.74) is 3.49. The van der Waals surface area contributed by atoms with Crippen molar-refractivity contribution in [3.63, 3.8) is 0 Å². The third-order valence-electron chi connectivity index (χ3n) is 4.47. The molecule has 0 N–H and O–H groups in total. The van der Waals surface area contributed by atoms with Crippen LogP contribution in [0.1, 0.15) is 36.6 Å². The van der Waals surface area contributed by atoms with Gasteiger partial charge >= 0.3 is 0 Å². The number of rotatable bonds is 5. The fraction of sp³-hybridized carbons (Fsp3) is 0.350. The molecule has 1 aliphatic heterocycles. The Balaban J connectivity index is 1.95. The third kappa shape index (κ3) is 3.45. The Hall–Kier alpha value is -2.13. The lowest BCUT2D eigenvalue weighted by Crippen LogP contribution is -2.22. The fourth-order valence-corrected chi connectivity index (χ4v) is 3.07. The first-order valence-corrected chi connectivity index (χ1v) is 8.38. The highest BCUT2D eigenvalue weighted by Crippen LogP contribution is 2.37. The predicted molar refractivity (Wildman–Crippen MR) is 93.8 cm³/mol. The van der Waals surface area contributed by atoms with Crippen LogP contribution in [-0.4, -0.2) is 29.5 Å². The second kappa shape index (κ2) is 7.42. The van der Waals surface area contributed by atoms with Crippen LogP contribution in [0, 0.1) is 0 Å². The SMILES string of the molecule is CCN(CC)C/C=C\C1c2ccccc2OCc2ncccc21. The second-order valence-electron chi connectivity index (χ2n) is 5.76. The molecule has 2 heterocycles. The van der Waals surface area contributed by atoms with E-state index in [0.29, 0.717) is 6.61 Å². The molecule has 3 rings (SSSR count). The molecule has 2 aromatic rings. The molecule has 120 valence electrons. The van der Waals surface area contributed by atoms with Crippen molar-refractivity contribution < 1.29 is 4.74 Å². The minimum atomic E-state index is 0.202. The number of pyridine rings is 1. The van der Waals surface area contributed by atoms with Crippen LogP contribution in [0.2, 0.25) is 0 Å². The molecule has 0 radical (unpaired) electrons. The van der Waals surface area contributed by atoms with E-state index < -0.39 is 0 Å². The van der Waals surface area contributed by atoms with Crippen LogP contribution in [0.15, 0.2) is 54.7 Å². The summed E-state index contributed by atoms with van der Waals surface area (Å²) in [6.45, 7) is 8.05. The first kappa shape index (κ1) is 15.8. The number of likely N-dealkylation sites (N-methyl/N-ethyl adjacent to an activating group) is 1. The molecule has 1 unspecified atom stereocenters. The molecule has 0 saturated heterocycles. The number of allylic oxidation sites excluding steroid dienone is 1. The molecular weight excluding hydrogens is 284 g/mol. The van der Waals surface area contributed by atoms with Gasteiger partial charge < -0.3 is 9.64 Å². The van der Waals surface area contributed by atoms with Crippen LogP contribution in [0.3, 0.4) is 0 Å². The Morgan fingerprint density at radius 2 is 1.91 bits per heavy atom. The van der Waals surface area contributed by atoms with E-state index in [9.17, 15) is 0 Å². The smallest absolute Gasteiger partial charge is 0.131 e.